The molecule has 0 heterocycles. The smallest absolute Gasteiger partial charge is 0.0704 e. The van der Waals surface area contributed by atoms with Gasteiger partial charge in [-0.15, -0.1) is 0 Å². The zero-order valence-electron chi connectivity index (χ0n) is 7.51. The molecule has 0 aliphatic carbocycles. The number of hydrogen-bond donors (Lipinski definition) is 0. The molecule has 0 bridgehead atoms. The van der Waals surface area contributed by atoms with E-state index in [2.05, 4.69) is 6.92 Å². The van der Waals surface area contributed by atoms with Crippen LogP contribution in [0.25, 0.3) is 0 Å². The zero-order chi connectivity index (χ0) is 8.36. The van der Waals surface area contributed by atoms with Gasteiger partial charge >= 0.3 is 0 Å². The van der Waals surface area contributed by atoms with Crippen molar-refractivity contribution in [2.45, 2.75) is 20.3 Å². The van der Waals surface area contributed by atoms with Gasteiger partial charge in [-0.3, -0.25) is 0 Å². The Hall–Kier alpha value is -0.340. The molecular weight excluding hydrogens is 140 g/mol. The van der Waals surface area contributed by atoms with Gasteiger partial charge in [-0.2, -0.15) is 0 Å². The Kier molecular flexibility index (Phi) is 9.36. The average molecular weight is 158 g/mol. The lowest BCUT2D eigenvalue weighted by Gasteiger charge is -2.01. The van der Waals surface area contributed by atoms with Gasteiger partial charge in [0, 0.05) is 6.61 Å². The summed E-state index contributed by atoms with van der Waals surface area (Å²) in [6.45, 7) is 7.03. The van der Waals surface area contributed by atoms with Crippen molar-refractivity contribution < 1.29 is 9.47 Å². The highest BCUT2D eigenvalue weighted by molar-refractivity contribution is 4.75. The molecule has 2 heteroatoms. The molecule has 0 unspecified atom stereocenters. The normalized spacial score (nSPS) is 11.1. The molecule has 0 aromatic carbocycles. The summed E-state index contributed by atoms with van der Waals surface area (Å²) in [6, 6.07) is 0. The van der Waals surface area contributed by atoms with Crippen LogP contribution in [0.4, 0.5) is 0 Å². The molecule has 0 rings (SSSR count). The summed E-state index contributed by atoms with van der Waals surface area (Å²) in [4.78, 5) is 0. The summed E-state index contributed by atoms with van der Waals surface area (Å²) < 4.78 is 10.4. The Morgan fingerprint density at radius 2 is 1.82 bits per heavy atom. The molecular formula is C9H18O2. The predicted octanol–water partition coefficient (Wildman–Crippen LogP) is 2.01. The van der Waals surface area contributed by atoms with E-state index in [9.17, 15) is 0 Å². The molecule has 0 aliphatic rings. The van der Waals surface area contributed by atoms with Gasteiger partial charge in [0.05, 0.1) is 19.8 Å². The molecule has 0 amide bonds. The molecule has 0 aromatic heterocycles. The van der Waals surface area contributed by atoms with Crippen LogP contribution in [0.3, 0.4) is 0 Å². The van der Waals surface area contributed by atoms with Crippen molar-refractivity contribution in [3.63, 3.8) is 0 Å². The highest BCUT2D eigenvalue weighted by Crippen LogP contribution is 1.82. The maximum Gasteiger partial charge on any atom is 0.0704 e. The van der Waals surface area contributed by atoms with Gasteiger partial charge < -0.3 is 9.47 Å². The van der Waals surface area contributed by atoms with Crippen LogP contribution in [0.15, 0.2) is 12.2 Å². The summed E-state index contributed by atoms with van der Waals surface area (Å²) in [5, 5.41) is 0. The van der Waals surface area contributed by atoms with Crippen LogP contribution in [0, 0.1) is 0 Å². The van der Waals surface area contributed by atoms with Gasteiger partial charge in [0.1, 0.15) is 0 Å². The van der Waals surface area contributed by atoms with E-state index in [-0.39, 0.29) is 0 Å². The Morgan fingerprint density at radius 1 is 1.09 bits per heavy atom. The van der Waals surface area contributed by atoms with Crippen molar-refractivity contribution in [2.24, 2.45) is 0 Å². The van der Waals surface area contributed by atoms with Crippen LogP contribution in [0.5, 0.6) is 0 Å². The van der Waals surface area contributed by atoms with Gasteiger partial charge in [-0.25, -0.2) is 0 Å². The van der Waals surface area contributed by atoms with Crippen molar-refractivity contribution >= 4 is 0 Å². The largest absolute Gasteiger partial charge is 0.379 e. The van der Waals surface area contributed by atoms with Crippen LogP contribution in [-0.4, -0.2) is 26.4 Å². The van der Waals surface area contributed by atoms with Crippen LogP contribution in [0.2, 0.25) is 0 Å². The fourth-order valence-corrected chi connectivity index (χ4v) is 0.612. The summed E-state index contributed by atoms with van der Waals surface area (Å²) in [5.74, 6) is 0. The summed E-state index contributed by atoms with van der Waals surface area (Å²) in [5.41, 5.74) is 0. The molecule has 11 heavy (non-hydrogen) atoms. The van der Waals surface area contributed by atoms with E-state index in [1.807, 2.05) is 19.1 Å². The predicted molar refractivity (Wildman–Crippen MR) is 46.7 cm³/mol. The van der Waals surface area contributed by atoms with Crippen LogP contribution in [0.1, 0.15) is 20.3 Å². The highest BCUT2D eigenvalue weighted by atomic mass is 16.5. The fourth-order valence-electron chi connectivity index (χ4n) is 0.612. The SMILES string of the molecule is C/C=C\COCCOCCC. The lowest BCUT2D eigenvalue weighted by Crippen LogP contribution is -2.04. The molecule has 66 valence electrons. The quantitative estimate of drug-likeness (QED) is 0.417. The van der Waals surface area contributed by atoms with E-state index in [0.717, 1.165) is 13.0 Å². The second-order valence-electron chi connectivity index (χ2n) is 2.26. The maximum atomic E-state index is 5.21. The first-order valence-electron chi connectivity index (χ1n) is 4.18. The van der Waals surface area contributed by atoms with Crippen molar-refractivity contribution in [1.82, 2.24) is 0 Å². The summed E-state index contributed by atoms with van der Waals surface area (Å²) in [6.07, 6.45) is 5.04. The van der Waals surface area contributed by atoms with E-state index in [1.165, 1.54) is 0 Å². The third kappa shape index (κ3) is 9.66. The minimum atomic E-state index is 0.699. The number of ether oxygens (including phenoxy) is 2. The minimum absolute atomic E-state index is 0.699. The van der Waals surface area contributed by atoms with Gasteiger partial charge in [0.25, 0.3) is 0 Å². The van der Waals surface area contributed by atoms with Gasteiger partial charge in [-0.1, -0.05) is 19.1 Å². The molecule has 0 saturated carbocycles. The topological polar surface area (TPSA) is 18.5 Å². The maximum absolute atomic E-state index is 5.21. The van der Waals surface area contributed by atoms with E-state index < -0.39 is 0 Å². The molecule has 0 aromatic rings. The van der Waals surface area contributed by atoms with Gasteiger partial charge in [0.2, 0.25) is 0 Å². The third-order valence-corrected chi connectivity index (χ3v) is 1.17. The lowest BCUT2D eigenvalue weighted by atomic mass is 10.5. The van der Waals surface area contributed by atoms with E-state index >= 15 is 0 Å². The standard InChI is InChI=1S/C9H18O2/c1-3-5-7-11-9-8-10-6-4-2/h3,5H,4,6-9H2,1-2H3/b5-3-. The molecule has 2 nitrogen and oxygen atoms in total. The number of hydrogen-bond acceptors (Lipinski definition) is 2. The summed E-state index contributed by atoms with van der Waals surface area (Å²) in [7, 11) is 0. The van der Waals surface area contributed by atoms with E-state index in [1.54, 1.807) is 0 Å². The first-order valence-corrected chi connectivity index (χ1v) is 4.18. The molecule has 0 atom stereocenters. The van der Waals surface area contributed by atoms with Crippen molar-refractivity contribution in [1.29, 1.82) is 0 Å². The number of allylic oxidation sites excluding steroid dienone is 1. The van der Waals surface area contributed by atoms with Crippen LogP contribution < -0.4 is 0 Å². The first kappa shape index (κ1) is 10.7. The molecule has 0 spiro atoms. The molecule has 0 aliphatic heterocycles. The fraction of sp³-hybridized carbons (Fsp3) is 0.778. The molecule has 0 fully saturated rings. The highest BCUT2D eigenvalue weighted by Gasteiger charge is 1.85. The van der Waals surface area contributed by atoms with E-state index in [4.69, 9.17) is 9.47 Å². The van der Waals surface area contributed by atoms with Crippen LogP contribution >= 0.6 is 0 Å². The van der Waals surface area contributed by atoms with Crippen LogP contribution in [-0.2, 0) is 9.47 Å². The Bertz CT molecular complexity index is 89.6. The van der Waals surface area contributed by atoms with Gasteiger partial charge in [0.15, 0.2) is 0 Å². The van der Waals surface area contributed by atoms with Gasteiger partial charge in [-0.05, 0) is 13.3 Å². The zero-order valence-corrected chi connectivity index (χ0v) is 7.51. The first-order chi connectivity index (χ1) is 5.41. The Morgan fingerprint density at radius 3 is 2.45 bits per heavy atom. The van der Waals surface area contributed by atoms with Crippen molar-refractivity contribution in [3.8, 4) is 0 Å². The average Bonchev–Trinajstić information content (AvgIpc) is 2.03. The summed E-state index contributed by atoms with van der Waals surface area (Å²) >= 11 is 0. The van der Waals surface area contributed by atoms with Crippen molar-refractivity contribution in [2.75, 3.05) is 26.4 Å². The Balaban J connectivity index is 2.79. The second-order valence-corrected chi connectivity index (χ2v) is 2.26. The molecule has 0 radical (unpaired) electrons. The number of rotatable bonds is 7. The molecule has 0 saturated heterocycles. The van der Waals surface area contributed by atoms with Crippen molar-refractivity contribution in [3.05, 3.63) is 12.2 Å². The minimum Gasteiger partial charge on any atom is -0.379 e. The lowest BCUT2D eigenvalue weighted by molar-refractivity contribution is 0.0587. The molecule has 0 N–H and O–H groups in total. The second kappa shape index (κ2) is 9.66. The third-order valence-electron chi connectivity index (χ3n) is 1.17. The monoisotopic (exact) mass is 158 g/mol. The van der Waals surface area contributed by atoms with E-state index in [0.29, 0.717) is 19.8 Å². The Labute approximate surface area is 69.2 Å².